The van der Waals surface area contributed by atoms with Crippen LogP contribution in [0.25, 0.3) is 0 Å². The summed E-state index contributed by atoms with van der Waals surface area (Å²) in [6.45, 7) is 0.376. The normalized spacial score (nSPS) is 11.5. The third-order valence-electron chi connectivity index (χ3n) is 2.71. The summed E-state index contributed by atoms with van der Waals surface area (Å²) < 4.78 is 39.4. The molecule has 0 spiro atoms. The van der Waals surface area contributed by atoms with E-state index in [0.29, 0.717) is 21.7 Å². The second-order valence-corrected chi connectivity index (χ2v) is 6.51. The molecule has 1 N–H and O–H groups in total. The number of halogens is 6. The summed E-state index contributed by atoms with van der Waals surface area (Å²) in [6, 6.07) is 9.09. The van der Waals surface area contributed by atoms with E-state index in [1.807, 2.05) is 6.07 Å². The van der Waals surface area contributed by atoms with Crippen LogP contribution in [0.15, 0.2) is 45.3 Å². The first-order valence-corrected chi connectivity index (χ1v) is 7.78. The topological polar surface area (TPSA) is 12.0 Å². The van der Waals surface area contributed by atoms with Crippen LogP contribution in [0, 0.1) is 0 Å². The van der Waals surface area contributed by atoms with E-state index < -0.39 is 11.7 Å². The Morgan fingerprint density at radius 2 is 1.76 bits per heavy atom. The predicted octanol–water partition coefficient (Wildman–Crippen LogP) is 6.50. The lowest BCUT2D eigenvalue weighted by atomic mass is 10.2. The summed E-state index contributed by atoms with van der Waals surface area (Å²) in [7, 11) is 0. The summed E-state index contributed by atoms with van der Waals surface area (Å²) in [6.07, 6.45) is -4.37. The van der Waals surface area contributed by atoms with Crippen molar-refractivity contribution in [3.63, 3.8) is 0 Å². The quantitative estimate of drug-likeness (QED) is 0.571. The molecule has 2 aromatic rings. The molecule has 1 nitrogen and oxygen atoms in total. The largest absolute Gasteiger partial charge is 0.416 e. The second kappa shape index (κ2) is 6.58. The van der Waals surface area contributed by atoms with Crippen LogP contribution in [0.1, 0.15) is 11.1 Å². The fourth-order valence-corrected chi connectivity index (χ4v) is 2.65. The minimum Gasteiger partial charge on any atom is -0.381 e. The van der Waals surface area contributed by atoms with E-state index in [1.54, 1.807) is 18.2 Å². The van der Waals surface area contributed by atoms with Gasteiger partial charge in [-0.05, 0) is 51.8 Å². The Morgan fingerprint density at radius 3 is 2.38 bits per heavy atom. The smallest absolute Gasteiger partial charge is 0.381 e. The van der Waals surface area contributed by atoms with Gasteiger partial charge in [0.1, 0.15) is 0 Å². The third kappa shape index (κ3) is 4.63. The molecule has 0 radical (unpaired) electrons. The van der Waals surface area contributed by atoms with Gasteiger partial charge in [-0.25, -0.2) is 0 Å². The summed E-state index contributed by atoms with van der Waals surface area (Å²) in [5.74, 6) is 0. The fraction of sp³-hybridized carbons (Fsp3) is 0.143. The predicted molar refractivity (Wildman–Crippen MR) is 85.6 cm³/mol. The van der Waals surface area contributed by atoms with Gasteiger partial charge in [-0.1, -0.05) is 33.6 Å². The highest BCUT2D eigenvalue weighted by atomic mass is 79.9. The van der Waals surface area contributed by atoms with E-state index in [9.17, 15) is 13.2 Å². The molecule has 112 valence electrons. The van der Waals surface area contributed by atoms with Gasteiger partial charge in [0.15, 0.2) is 0 Å². The highest BCUT2D eigenvalue weighted by molar-refractivity contribution is 9.10. The number of alkyl halides is 3. The van der Waals surface area contributed by atoms with Crippen LogP contribution in [-0.4, -0.2) is 0 Å². The van der Waals surface area contributed by atoms with Crippen LogP contribution in [0.3, 0.4) is 0 Å². The Labute approximate surface area is 141 Å². The number of hydrogen-bond donors (Lipinski definition) is 1. The Kier molecular flexibility index (Phi) is 5.22. The molecule has 0 saturated carbocycles. The molecule has 0 fully saturated rings. The maximum atomic E-state index is 12.7. The summed E-state index contributed by atoms with van der Waals surface area (Å²) in [5, 5.41) is 3.51. The van der Waals surface area contributed by atoms with Gasteiger partial charge in [0, 0.05) is 21.2 Å². The first kappa shape index (κ1) is 16.6. The molecule has 0 aliphatic heterocycles. The van der Waals surface area contributed by atoms with E-state index in [1.165, 1.54) is 0 Å². The monoisotopic (exact) mass is 441 g/mol. The second-order valence-electron chi connectivity index (χ2n) is 4.33. The molecule has 0 atom stereocenters. The van der Waals surface area contributed by atoms with Crippen LogP contribution in [-0.2, 0) is 12.7 Å². The maximum Gasteiger partial charge on any atom is 0.416 e. The SMILES string of the molecule is FC(F)(F)c1cc(Br)cc(NCc2ccc(Br)c(Cl)c2)c1. The molecule has 0 aliphatic rings. The summed E-state index contributed by atoms with van der Waals surface area (Å²) in [4.78, 5) is 0. The van der Waals surface area contributed by atoms with Gasteiger partial charge < -0.3 is 5.32 Å². The third-order valence-corrected chi connectivity index (χ3v) is 4.40. The van der Waals surface area contributed by atoms with E-state index in [4.69, 9.17) is 11.6 Å². The van der Waals surface area contributed by atoms with Crippen molar-refractivity contribution >= 4 is 49.1 Å². The zero-order chi connectivity index (χ0) is 15.6. The van der Waals surface area contributed by atoms with Gasteiger partial charge in [0.25, 0.3) is 0 Å². The lowest BCUT2D eigenvalue weighted by Crippen LogP contribution is -2.07. The van der Waals surface area contributed by atoms with E-state index >= 15 is 0 Å². The van der Waals surface area contributed by atoms with Crippen LogP contribution < -0.4 is 5.32 Å². The molecule has 0 aliphatic carbocycles. The lowest BCUT2D eigenvalue weighted by Gasteiger charge is -2.12. The van der Waals surface area contributed by atoms with Crippen LogP contribution in [0.2, 0.25) is 5.02 Å². The fourth-order valence-electron chi connectivity index (χ4n) is 1.71. The number of hydrogen-bond acceptors (Lipinski definition) is 1. The molecule has 21 heavy (non-hydrogen) atoms. The molecule has 0 heterocycles. The van der Waals surface area contributed by atoms with Crippen molar-refractivity contribution in [1.29, 1.82) is 0 Å². The van der Waals surface area contributed by atoms with Crippen molar-refractivity contribution in [3.05, 3.63) is 61.5 Å². The first-order valence-electron chi connectivity index (χ1n) is 5.81. The van der Waals surface area contributed by atoms with E-state index in [2.05, 4.69) is 37.2 Å². The minimum atomic E-state index is -4.37. The molecule has 7 heteroatoms. The summed E-state index contributed by atoms with van der Waals surface area (Å²) >= 11 is 12.3. The molecule has 0 unspecified atom stereocenters. The van der Waals surface area contributed by atoms with Crippen LogP contribution in [0.5, 0.6) is 0 Å². The van der Waals surface area contributed by atoms with Gasteiger partial charge in [-0.3, -0.25) is 0 Å². The Balaban J connectivity index is 2.16. The van der Waals surface area contributed by atoms with Crippen LogP contribution in [0.4, 0.5) is 18.9 Å². The average molecular weight is 443 g/mol. The number of rotatable bonds is 3. The maximum absolute atomic E-state index is 12.7. The summed E-state index contributed by atoms with van der Waals surface area (Å²) in [5.41, 5.74) is 0.556. The number of benzene rings is 2. The zero-order valence-corrected chi connectivity index (χ0v) is 14.4. The van der Waals surface area contributed by atoms with Crippen molar-refractivity contribution < 1.29 is 13.2 Å². The minimum absolute atomic E-state index is 0.369. The van der Waals surface area contributed by atoms with Crippen LogP contribution >= 0.6 is 43.5 Å². The van der Waals surface area contributed by atoms with Crippen molar-refractivity contribution in [1.82, 2.24) is 0 Å². The first-order chi connectivity index (χ1) is 9.75. The molecular weight excluding hydrogens is 434 g/mol. The van der Waals surface area contributed by atoms with Crippen molar-refractivity contribution in [2.45, 2.75) is 12.7 Å². The zero-order valence-electron chi connectivity index (χ0n) is 10.4. The van der Waals surface area contributed by atoms with Crippen molar-refractivity contribution in [3.8, 4) is 0 Å². The molecule has 0 aromatic heterocycles. The van der Waals surface area contributed by atoms with Gasteiger partial charge in [0.05, 0.1) is 10.6 Å². The van der Waals surface area contributed by atoms with Gasteiger partial charge in [0.2, 0.25) is 0 Å². The number of nitrogens with one attached hydrogen (secondary N) is 1. The van der Waals surface area contributed by atoms with E-state index in [-0.39, 0.29) is 0 Å². The van der Waals surface area contributed by atoms with Crippen molar-refractivity contribution in [2.75, 3.05) is 5.32 Å². The lowest BCUT2D eigenvalue weighted by molar-refractivity contribution is -0.137. The highest BCUT2D eigenvalue weighted by Gasteiger charge is 2.31. The molecule has 0 saturated heterocycles. The molecule has 2 aromatic carbocycles. The van der Waals surface area contributed by atoms with Crippen molar-refractivity contribution in [2.24, 2.45) is 0 Å². The number of anilines is 1. The highest BCUT2D eigenvalue weighted by Crippen LogP contribution is 2.33. The molecular formula is C14H9Br2ClF3N. The standard InChI is InChI=1S/C14H9Br2ClF3N/c15-10-4-9(14(18,19)20)5-11(6-10)21-7-8-1-2-12(16)13(17)3-8/h1-6,21H,7H2. The molecule has 0 bridgehead atoms. The average Bonchev–Trinajstić information content (AvgIpc) is 2.38. The van der Waals surface area contributed by atoms with Gasteiger partial charge in [-0.2, -0.15) is 13.2 Å². The van der Waals surface area contributed by atoms with Gasteiger partial charge in [-0.15, -0.1) is 0 Å². The molecule has 0 amide bonds. The Bertz CT molecular complexity index is 659. The van der Waals surface area contributed by atoms with Gasteiger partial charge >= 0.3 is 6.18 Å². The van der Waals surface area contributed by atoms with E-state index in [0.717, 1.165) is 22.2 Å². The Morgan fingerprint density at radius 1 is 1.05 bits per heavy atom. The molecule has 2 rings (SSSR count). The Hall–Kier alpha value is -0.720.